The number of carbonyl (C=O) groups is 1. The van der Waals surface area contributed by atoms with Crippen molar-refractivity contribution in [2.75, 3.05) is 18.4 Å². The van der Waals surface area contributed by atoms with Crippen molar-refractivity contribution in [2.24, 2.45) is 0 Å². The molecular formula is C23H25N7O2. The van der Waals surface area contributed by atoms with Gasteiger partial charge in [-0.1, -0.05) is 6.08 Å². The van der Waals surface area contributed by atoms with Gasteiger partial charge in [-0.05, 0) is 57.0 Å². The number of hydrogen-bond donors (Lipinski definition) is 3. The van der Waals surface area contributed by atoms with Crippen molar-refractivity contribution in [3.05, 3.63) is 48.6 Å². The molecule has 0 bridgehead atoms. The summed E-state index contributed by atoms with van der Waals surface area (Å²) in [7, 11) is 0. The van der Waals surface area contributed by atoms with Crippen LogP contribution in [-0.2, 0) is 4.74 Å². The van der Waals surface area contributed by atoms with E-state index < -0.39 is 5.60 Å². The van der Waals surface area contributed by atoms with Crippen LogP contribution in [0.25, 0.3) is 27.5 Å². The van der Waals surface area contributed by atoms with E-state index in [2.05, 4.69) is 42.6 Å². The second-order valence-electron chi connectivity index (χ2n) is 8.87. The molecule has 1 aliphatic heterocycles. The molecule has 0 atom stereocenters. The molecule has 1 aromatic carbocycles. The molecule has 4 aromatic rings. The van der Waals surface area contributed by atoms with Gasteiger partial charge in [0.2, 0.25) is 0 Å². The molecule has 5 rings (SSSR count). The molecule has 0 aliphatic carbocycles. The van der Waals surface area contributed by atoms with Crippen LogP contribution >= 0.6 is 0 Å². The lowest BCUT2D eigenvalue weighted by atomic mass is 10.1. The van der Waals surface area contributed by atoms with Crippen molar-refractivity contribution in [3.63, 3.8) is 0 Å². The summed E-state index contributed by atoms with van der Waals surface area (Å²) in [5.74, 6) is 0.725. The van der Waals surface area contributed by atoms with Crippen LogP contribution in [0.2, 0.25) is 0 Å². The van der Waals surface area contributed by atoms with Crippen LogP contribution in [0.4, 0.5) is 16.3 Å². The van der Waals surface area contributed by atoms with E-state index in [4.69, 9.17) is 4.74 Å². The Morgan fingerprint density at radius 1 is 1.22 bits per heavy atom. The molecule has 9 heteroatoms. The maximum Gasteiger partial charge on any atom is 0.410 e. The third-order valence-electron chi connectivity index (χ3n) is 5.34. The molecule has 1 amide bonds. The average molecular weight is 432 g/mol. The summed E-state index contributed by atoms with van der Waals surface area (Å²) >= 11 is 0. The highest BCUT2D eigenvalue weighted by atomic mass is 16.6. The predicted molar refractivity (Wildman–Crippen MR) is 124 cm³/mol. The highest BCUT2D eigenvalue weighted by Gasteiger charge is 2.24. The first-order valence-corrected chi connectivity index (χ1v) is 10.6. The lowest BCUT2D eigenvalue weighted by Crippen LogP contribution is -2.39. The zero-order valence-corrected chi connectivity index (χ0v) is 18.3. The monoisotopic (exact) mass is 431 g/mol. The molecule has 9 nitrogen and oxygen atoms in total. The maximum absolute atomic E-state index is 12.3. The Bertz CT molecular complexity index is 1330. The number of benzene rings is 1. The summed E-state index contributed by atoms with van der Waals surface area (Å²) in [6.45, 7) is 6.75. The van der Waals surface area contributed by atoms with Crippen molar-refractivity contribution in [1.82, 2.24) is 30.0 Å². The molecule has 0 saturated heterocycles. The van der Waals surface area contributed by atoms with Gasteiger partial charge >= 0.3 is 6.09 Å². The standard InChI is InChI=1S/C23H25N7O2/c1-23(2,3)32-22(31)30-8-6-14(7-9-30)18-11-17-20(24-13-25-21(17)28-18)27-16-5-4-15-12-26-29-19(15)10-16/h4-6,10-13H,7-9H2,1-3H3,(H,26,29)(H2,24,25,27,28). The normalized spacial score (nSPS) is 14.6. The van der Waals surface area contributed by atoms with E-state index in [-0.39, 0.29) is 6.09 Å². The van der Waals surface area contributed by atoms with Gasteiger partial charge in [-0.3, -0.25) is 5.10 Å². The summed E-state index contributed by atoms with van der Waals surface area (Å²) in [5.41, 5.74) is 4.26. The summed E-state index contributed by atoms with van der Waals surface area (Å²) in [6.07, 6.45) is 5.85. The summed E-state index contributed by atoms with van der Waals surface area (Å²) in [4.78, 5) is 26.3. The number of aromatic nitrogens is 5. The van der Waals surface area contributed by atoms with Crippen molar-refractivity contribution >= 4 is 45.1 Å². The predicted octanol–water partition coefficient (Wildman–Crippen LogP) is 4.60. The fourth-order valence-corrected chi connectivity index (χ4v) is 3.77. The maximum atomic E-state index is 12.3. The van der Waals surface area contributed by atoms with E-state index in [0.717, 1.165) is 51.1 Å². The quantitative estimate of drug-likeness (QED) is 0.437. The molecule has 164 valence electrons. The van der Waals surface area contributed by atoms with Gasteiger partial charge in [0.15, 0.2) is 0 Å². The number of anilines is 2. The minimum absolute atomic E-state index is 0.281. The second kappa shape index (κ2) is 7.67. The summed E-state index contributed by atoms with van der Waals surface area (Å²) < 4.78 is 5.48. The fraction of sp³-hybridized carbons (Fsp3) is 0.304. The summed E-state index contributed by atoms with van der Waals surface area (Å²) in [6, 6.07) is 8.06. The zero-order chi connectivity index (χ0) is 22.3. The van der Waals surface area contributed by atoms with E-state index >= 15 is 0 Å². The van der Waals surface area contributed by atoms with Gasteiger partial charge in [-0.2, -0.15) is 5.10 Å². The van der Waals surface area contributed by atoms with Crippen LogP contribution in [0.15, 0.2) is 42.9 Å². The first kappa shape index (κ1) is 20.0. The highest BCUT2D eigenvalue weighted by molar-refractivity contribution is 5.93. The van der Waals surface area contributed by atoms with Crippen molar-refractivity contribution in [1.29, 1.82) is 0 Å². The number of carbonyl (C=O) groups excluding carboxylic acids is 1. The topological polar surface area (TPSA) is 112 Å². The van der Waals surface area contributed by atoms with Crippen LogP contribution in [0, 0.1) is 0 Å². The first-order chi connectivity index (χ1) is 15.4. The molecule has 0 radical (unpaired) electrons. The molecule has 0 unspecified atom stereocenters. The second-order valence-corrected chi connectivity index (χ2v) is 8.87. The van der Waals surface area contributed by atoms with E-state index in [9.17, 15) is 4.79 Å². The average Bonchev–Trinajstić information content (AvgIpc) is 3.40. The Morgan fingerprint density at radius 3 is 2.88 bits per heavy atom. The van der Waals surface area contributed by atoms with Crippen molar-refractivity contribution < 1.29 is 9.53 Å². The molecule has 0 saturated carbocycles. The zero-order valence-electron chi connectivity index (χ0n) is 18.3. The van der Waals surface area contributed by atoms with Crippen LogP contribution in [0.1, 0.15) is 32.9 Å². The molecule has 3 aromatic heterocycles. The molecule has 1 aliphatic rings. The number of hydrogen-bond acceptors (Lipinski definition) is 6. The Hall–Kier alpha value is -3.88. The van der Waals surface area contributed by atoms with E-state index in [1.165, 1.54) is 0 Å². The van der Waals surface area contributed by atoms with Gasteiger partial charge in [0.1, 0.15) is 23.4 Å². The fourth-order valence-electron chi connectivity index (χ4n) is 3.77. The lowest BCUT2D eigenvalue weighted by molar-refractivity contribution is 0.0270. The van der Waals surface area contributed by atoms with Gasteiger partial charge in [0.05, 0.1) is 17.1 Å². The van der Waals surface area contributed by atoms with Gasteiger partial charge in [0.25, 0.3) is 0 Å². The number of aromatic amines is 2. The van der Waals surface area contributed by atoms with Gasteiger partial charge in [-0.15, -0.1) is 0 Å². The van der Waals surface area contributed by atoms with E-state index in [0.29, 0.717) is 13.1 Å². The Morgan fingerprint density at radius 2 is 2.09 bits per heavy atom. The molecule has 0 fully saturated rings. The van der Waals surface area contributed by atoms with Crippen LogP contribution in [0.5, 0.6) is 0 Å². The van der Waals surface area contributed by atoms with Gasteiger partial charge in [-0.25, -0.2) is 14.8 Å². The van der Waals surface area contributed by atoms with Gasteiger partial charge < -0.3 is 19.9 Å². The SMILES string of the molecule is CC(C)(C)OC(=O)N1CC=C(c2cc3c(Nc4ccc5cn[nH]c5c4)ncnc3[nH]2)CC1. The summed E-state index contributed by atoms with van der Waals surface area (Å²) in [5, 5.41) is 12.4. The van der Waals surface area contributed by atoms with Crippen molar-refractivity contribution in [3.8, 4) is 0 Å². The number of nitrogens with zero attached hydrogens (tertiary/aromatic N) is 4. The van der Waals surface area contributed by atoms with Crippen molar-refractivity contribution in [2.45, 2.75) is 32.8 Å². The van der Waals surface area contributed by atoms with E-state index in [1.54, 1.807) is 17.4 Å². The number of nitrogens with one attached hydrogen (secondary N) is 3. The number of H-pyrrole nitrogens is 2. The molecule has 32 heavy (non-hydrogen) atoms. The molecule has 0 spiro atoms. The van der Waals surface area contributed by atoms with Crippen LogP contribution < -0.4 is 5.32 Å². The first-order valence-electron chi connectivity index (χ1n) is 10.6. The Balaban J connectivity index is 1.37. The minimum atomic E-state index is -0.498. The third kappa shape index (κ3) is 4.01. The molecule has 3 N–H and O–H groups in total. The molecule has 4 heterocycles. The van der Waals surface area contributed by atoms with Crippen LogP contribution in [0.3, 0.4) is 0 Å². The number of amides is 1. The minimum Gasteiger partial charge on any atom is -0.444 e. The molecular weight excluding hydrogens is 406 g/mol. The Kier molecular flexibility index (Phi) is 4.80. The van der Waals surface area contributed by atoms with Crippen LogP contribution in [-0.4, -0.2) is 54.8 Å². The van der Waals surface area contributed by atoms with E-state index in [1.807, 2.05) is 39.0 Å². The van der Waals surface area contributed by atoms with Gasteiger partial charge in [0, 0.05) is 29.9 Å². The number of ether oxygens (including phenoxy) is 1. The number of rotatable bonds is 3. The lowest BCUT2D eigenvalue weighted by Gasteiger charge is -2.29. The number of fused-ring (bicyclic) bond motifs is 2. The smallest absolute Gasteiger partial charge is 0.410 e. The Labute approximate surface area is 184 Å². The third-order valence-corrected chi connectivity index (χ3v) is 5.34. The highest BCUT2D eigenvalue weighted by Crippen LogP contribution is 2.30. The largest absolute Gasteiger partial charge is 0.444 e.